The lowest BCUT2D eigenvalue weighted by Crippen LogP contribution is -2.30. The second-order valence-corrected chi connectivity index (χ2v) is 9.42. The summed E-state index contributed by atoms with van der Waals surface area (Å²) in [6.45, 7) is 1.47. The van der Waals surface area contributed by atoms with Crippen LogP contribution in [-0.2, 0) is 24.2 Å². The molecular weight excluding hydrogens is 374 g/mol. The van der Waals surface area contributed by atoms with Crippen LogP contribution in [0.25, 0.3) is 0 Å². The Balaban J connectivity index is 1.75. The minimum atomic E-state index is -2.97. The summed E-state index contributed by atoms with van der Waals surface area (Å²) in [4.78, 5) is 23.8. The highest BCUT2D eigenvalue weighted by Gasteiger charge is 2.29. The number of nitrogens with one attached hydrogen (secondary N) is 1. The number of benzene rings is 1. The van der Waals surface area contributed by atoms with Gasteiger partial charge < -0.3 is 10.1 Å². The quantitative estimate of drug-likeness (QED) is 0.747. The smallest absolute Gasteiger partial charge is 0.316 e. The molecule has 1 aliphatic rings. The van der Waals surface area contributed by atoms with Gasteiger partial charge in [0.15, 0.2) is 15.9 Å². The summed E-state index contributed by atoms with van der Waals surface area (Å²) in [5.41, 5.74) is 0.515. The van der Waals surface area contributed by atoms with E-state index in [1.807, 2.05) is 0 Å². The lowest BCUT2D eigenvalue weighted by atomic mass is 10.3. The fraction of sp³-hybridized carbons (Fsp3) is 0.467. The van der Waals surface area contributed by atoms with E-state index < -0.39 is 27.8 Å². The number of carbonyl (C=O) groups excluding carboxylic acids is 2. The number of carbonyl (C=O) groups is 2. The van der Waals surface area contributed by atoms with Gasteiger partial charge in [0.1, 0.15) is 0 Å². The first-order valence-corrected chi connectivity index (χ1v) is 10.6. The van der Waals surface area contributed by atoms with E-state index in [4.69, 9.17) is 16.3 Å². The van der Waals surface area contributed by atoms with E-state index in [0.29, 0.717) is 17.1 Å². The van der Waals surface area contributed by atoms with Crippen LogP contribution in [0.1, 0.15) is 13.3 Å². The molecule has 24 heavy (non-hydrogen) atoms. The van der Waals surface area contributed by atoms with Crippen LogP contribution in [0.4, 0.5) is 5.69 Å². The molecule has 0 radical (unpaired) electrons. The number of anilines is 1. The van der Waals surface area contributed by atoms with Crippen molar-refractivity contribution in [2.24, 2.45) is 0 Å². The minimum Gasteiger partial charge on any atom is -0.452 e. The number of amides is 1. The summed E-state index contributed by atoms with van der Waals surface area (Å²) in [7, 11) is -2.97. The van der Waals surface area contributed by atoms with Gasteiger partial charge in [-0.1, -0.05) is 17.7 Å². The van der Waals surface area contributed by atoms with Gasteiger partial charge in [-0.2, -0.15) is 0 Å². The molecule has 2 atom stereocenters. The highest BCUT2D eigenvalue weighted by molar-refractivity contribution is 8.02. The average molecular weight is 392 g/mol. The van der Waals surface area contributed by atoms with Crippen LogP contribution < -0.4 is 5.32 Å². The van der Waals surface area contributed by atoms with E-state index >= 15 is 0 Å². The maximum Gasteiger partial charge on any atom is 0.316 e. The lowest BCUT2D eigenvalue weighted by Gasteiger charge is -2.14. The first kappa shape index (κ1) is 19.1. The highest BCUT2D eigenvalue weighted by Crippen LogP contribution is 2.24. The molecule has 1 aromatic carbocycles. The fourth-order valence-corrected chi connectivity index (χ4v) is 5.79. The predicted octanol–water partition coefficient (Wildman–Crippen LogP) is 2.13. The van der Waals surface area contributed by atoms with E-state index in [9.17, 15) is 18.0 Å². The highest BCUT2D eigenvalue weighted by atomic mass is 35.5. The Morgan fingerprint density at radius 1 is 1.46 bits per heavy atom. The molecule has 1 heterocycles. The summed E-state index contributed by atoms with van der Waals surface area (Å²) < 4.78 is 27.8. The molecule has 0 aromatic heterocycles. The van der Waals surface area contributed by atoms with Gasteiger partial charge in [-0.05, 0) is 31.5 Å². The Bertz CT molecular complexity index is 722. The van der Waals surface area contributed by atoms with Crippen molar-refractivity contribution >= 4 is 50.8 Å². The molecule has 1 saturated heterocycles. The molecular formula is C15H18ClNO5S2. The van der Waals surface area contributed by atoms with E-state index in [1.54, 1.807) is 24.3 Å². The molecule has 0 spiro atoms. The Labute approximate surface area is 150 Å². The number of sulfone groups is 1. The van der Waals surface area contributed by atoms with Crippen molar-refractivity contribution in [2.75, 3.05) is 22.6 Å². The van der Waals surface area contributed by atoms with Gasteiger partial charge >= 0.3 is 5.97 Å². The number of ether oxygens (including phenoxy) is 1. The Morgan fingerprint density at radius 2 is 2.21 bits per heavy atom. The van der Waals surface area contributed by atoms with Crippen LogP contribution in [0.2, 0.25) is 5.02 Å². The third-order valence-corrected chi connectivity index (χ3v) is 6.89. The second-order valence-electron chi connectivity index (χ2n) is 5.47. The number of hydrogen-bond donors (Lipinski definition) is 1. The molecule has 0 bridgehead atoms. The SMILES string of the molecule is C[C@H](OC(=O)CS[C@H]1CCS(=O)(=O)C1)C(=O)Nc1cccc(Cl)c1. The standard InChI is InChI=1S/C15H18ClNO5S2/c1-10(15(19)17-12-4-2-3-11(16)7-12)22-14(18)8-23-13-5-6-24(20,21)9-13/h2-4,7,10,13H,5-6,8-9H2,1H3,(H,17,19)/t10-,13-/m0/s1. The van der Waals surface area contributed by atoms with Crippen LogP contribution >= 0.6 is 23.4 Å². The molecule has 1 aliphatic heterocycles. The summed E-state index contributed by atoms with van der Waals surface area (Å²) in [6, 6.07) is 6.64. The van der Waals surface area contributed by atoms with Crippen molar-refractivity contribution in [2.45, 2.75) is 24.7 Å². The van der Waals surface area contributed by atoms with E-state index in [2.05, 4.69) is 5.32 Å². The van der Waals surface area contributed by atoms with Gasteiger partial charge in [-0.15, -0.1) is 11.8 Å². The summed E-state index contributed by atoms with van der Waals surface area (Å²) >= 11 is 7.08. The van der Waals surface area contributed by atoms with Crippen molar-refractivity contribution in [3.05, 3.63) is 29.3 Å². The summed E-state index contributed by atoms with van der Waals surface area (Å²) in [5.74, 6) is -0.722. The maximum absolute atomic E-state index is 12.0. The zero-order chi connectivity index (χ0) is 17.7. The molecule has 1 amide bonds. The van der Waals surface area contributed by atoms with Gasteiger partial charge in [0, 0.05) is 16.0 Å². The van der Waals surface area contributed by atoms with Crippen LogP contribution in [0.3, 0.4) is 0 Å². The normalized spacial score (nSPS) is 20.3. The van der Waals surface area contributed by atoms with Gasteiger partial charge in [0.25, 0.3) is 5.91 Å². The number of halogens is 1. The molecule has 0 unspecified atom stereocenters. The number of esters is 1. The molecule has 1 N–H and O–H groups in total. The fourth-order valence-electron chi connectivity index (χ4n) is 2.17. The Morgan fingerprint density at radius 3 is 2.83 bits per heavy atom. The predicted molar refractivity (Wildman–Crippen MR) is 95.2 cm³/mol. The van der Waals surface area contributed by atoms with Gasteiger partial charge in [0.2, 0.25) is 0 Å². The molecule has 0 aliphatic carbocycles. The van der Waals surface area contributed by atoms with E-state index in [0.717, 1.165) is 0 Å². The van der Waals surface area contributed by atoms with Crippen LogP contribution in [-0.4, -0.2) is 48.9 Å². The topological polar surface area (TPSA) is 89.5 Å². The van der Waals surface area contributed by atoms with Gasteiger partial charge in [-0.25, -0.2) is 8.42 Å². The van der Waals surface area contributed by atoms with Crippen LogP contribution in [0.5, 0.6) is 0 Å². The number of thioether (sulfide) groups is 1. The average Bonchev–Trinajstić information content (AvgIpc) is 2.84. The molecule has 1 fully saturated rings. The number of hydrogen-bond acceptors (Lipinski definition) is 6. The van der Waals surface area contributed by atoms with E-state index in [-0.39, 0.29) is 22.5 Å². The summed E-state index contributed by atoms with van der Waals surface area (Å²) in [6.07, 6.45) is -0.408. The Kier molecular flexibility index (Phi) is 6.54. The molecule has 2 rings (SSSR count). The Hall–Kier alpha value is -1.25. The zero-order valence-corrected chi connectivity index (χ0v) is 15.4. The third kappa shape index (κ3) is 5.99. The lowest BCUT2D eigenvalue weighted by molar-refractivity contribution is -0.150. The first-order valence-electron chi connectivity index (χ1n) is 7.33. The van der Waals surface area contributed by atoms with Gasteiger partial charge in [0.05, 0.1) is 17.3 Å². The maximum atomic E-state index is 12.0. The van der Waals surface area contributed by atoms with Gasteiger partial charge in [-0.3, -0.25) is 9.59 Å². The molecule has 132 valence electrons. The molecule has 0 saturated carbocycles. The monoisotopic (exact) mass is 391 g/mol. The second kappa shape index (κ2) is 8.22. The zero-order valence-electron chi connectivity index (χ0n) is 13.0. The summed E-state index contributed by atoms with van der Waals surface area (Å²) in [5, 5.41) is 3.01. The molecule has 6 nitrogen and oxygen atoms in total. The van der Waals surface area contributed by atoms with Crippen molar-refractivity contribution < 1.29 is 22.7 Å². The third-order valence-electron chi connectivity index (χ3n) is 3.40. The van der Waals surface area contributed by atoms with Crippen LogP contribution in [0, 0.1) is 0 Å². The van der Waals surface area contributed by atoms with Crippen molar-refractivity contribution in [3.8, 4) is 0 Å². The van der Waals surface area contributed by atoms with E-state index in [1.165, 1.54) is 18.7 Å². The largest absolute Gasteiger partial charge is 0.452 e. The molecule has 9 heteroatoms. The van der Waals surface area contributed by atoms with Crippen LogP contribution in [0.15, 0.2) is 24.3 Å². The van der Waals surface area contributed by atoms with Crippen molar-refractivity contribution in [1.82, 2.24) is 0 Å². The molecule has 1 aromatic rings. The minimum absolute atomic E-state index is 0.0228. The first-order chi connectivity index (χ1) is 11.2. The number of rotatable bonds is 6. The van der Waals surface area contributed by atoms with Crippen molar-refractivity contribution in [1.29, 1.82) is 0 Å². The van der Waals surface area contributed by atoms with Crippen molar-refractivity contribution in [3.63, 3.8) is 0 Å².